The molecule has 0 fully saturated rings. The van der Waals surface area contributed by atoms with Crippen LogP contribution in [0.15, 0.2) is 30.3 Å². The van der Waals surface area contributed by atoms with Crippen LogP contribution < -0.4 is 4.74 Å². The van der Waals surface area contributed by atoms with Crippen LogP contribution in [-0.4, -0.2) is 5.60 Å². The molecule has 0 unspecified atom stereocenters. The lowest BCUT2D eigenvalue weighted by Crippen LogP contribution is -2.22. The van der Waals surface area contributed by atoms with Crippen molar-refractivity contribution >= 4 is 6.08 Å². The van der Waals surface area contributed by atoms with Crippen LogP contribution >= 0.6 is 0 Å². The van der Waals surface area contributed by atoms with Crippen LogP contribution in [-0.2, 0) is 0 Å². The minimum absolute atomic E-state index is 0.168. The van der Waals surface area contributed by atoms with Gasteiger partial charge in [-0.3, -0.25) is 0 Å². The van der Waals surface area contributed by atoms with Crippen LogP contribution in [0.25, 0.3) is 6.08 Å². The molecule has 2 nitrogen and oxygen atoms in total. The molecule has 0 radical (unpaired) electrons. The van der Waals surface area contributed by atoms with Gasteiger partial charge in [-0.25, -0.2) is 0 Å². The van der Waals surface area contributed by atoms with Crippen LogP contribution in [0.2, 0.25) is 0 Å². The van der Waals surface area contributed by atoms with Crippen LogP contribution in [0.3, 0.4) is 0 Å². The first-order chi connectivity index (χ1) is 7.51. The summed E-state index contributed by atoms with van der Waals surface area (Å²) in [4.78, 5) is 0. The van der Waals surface area contributed by atoms with E-state index in [0.717, 1.165) is 11.3 Å². The fraction of sp³-hybridized carbons (Fsp3) is 0.357. The van der Waals surface area contributed by atoms with Gasteiger partial charge in [0.25, 0.3) is 0 Å². The molecule has 16 heavy (non-hydrogen) atoms. The highest BCUT2D eigenvalue weighted by molar-refractivity contribution is 5.50. The van der Waals surface area contributed by atoms with E-state index in [1.54, 1.807) is 0 Å². The first-order valence-corrected chi connectivity index (χ1v) is 5.34. The van der Waals surface area contributed by atoms with Gasteiger partial charge in [0.15, 0.2) is 0 Å². The molecule has 0 aliphatic carbocycles. The molecule has 0 aliphatic rings. The fourth-order valence-corrected chi connectivity index (χ4v) is 1.25. The lowest BCUT2D eigenvalue weighted by atomic mass is 10.1. The summed E-state index contributed by atoms with van der Waals surface area (Å²) in [5.41, 5.74) is 0.912. The summed E-state index contributed by atoms with van der Waals surface area (Å²) in [5, 5.41) is 8.39. The molecule has 0 aromatic heterocycles. The van der Waals surface area contributed by atoms with E-state index in [9.17, 15) is 0 Å². The molecule has 1 aromatic carbocycles. The van der Waals surface area contributed by atoms with E-state index >= 15 is 0 Å². The van der Waals surface area contributed by atoms with Gasteiger partial charge < -0.3 is 4.74 Å². The van der Waals surface area contributed by atoms with Crippen molar-refractivity contribution in [3.63, 3.8) is 0 Å². The van der Waals surface area contributed by atoms with Gasteiger partial charge in [-0.05, 0) is 38.5 Å². The minimum Gasteiger partial charge on any atom is -0.488 e. The maximum absolute atomic E-state index is 8.39. The average molecular weight is 215 g/mol. The molecule has 84 valence electrons. The summed E-state index contributed by atoms with van der Waals surface area (Å²) in [6.07, 6.45) is 4.23. The van der Waals surface area contributed by atoms with Gasteiger partial charge in [0.1, 0.15) is 11.4 Å². The Bertz CT molecular complexity index is 390. The molecule has 0 amide bonds. The second-order valence-electron chi connectivity index (χ2n) is 4.55. The van der Waals surface area contributed by atoms with Crippen molar-refractivity contribution in [3.8, 4) is 11.8 Å². The molecule has 0 bridgehead atoms. The zero-order valence-corrected chi connectivity index (χ0v) is 10.0. The van der Waals surface area contributed by atoms with Crippen LogP contribution in [0.5, 0.6) is 5.75 Å². The highest BCUT2D eigenvalue weighted by Crippen LogP contribution is 2.18. The number of allylic oxidation sites excluding steroid dienone is 1. The number of benzene rings is 1. The summed E-state index contributed by atoms with van der Waals surface area (Å²) >= 11 is 0. The molecular weight excluding hydrogens is 198 g/mol. The SMILES string of the molecule is CC(C)(C)Oc1ccc(C=CCC#N)cc1. The van der Waals surface area contributed by atoms with E-state index in [1.807, 2.05) is 57.2 Å². The lowest BCUT2D eigenvalue weighted by Gasteiger charge is -2.21. The predicted octanol–water partition coefficient (Wildman–Crippen LogP) is 3.79. The van der Waals surface area contributed by atoms with E-state index in [0.29, 0.717) is 6.42 Å². The molecule has 0 atom stereocenters. The van der Waals surface area contributed by atoms with Gasteiger partial charge in [-0.15, -0.1) is 0 Å². The molecule has 0 spiro atoms. The van der Waals surface area contributed by atoms with Gasteiger partial charge in [0, 0.05) is 0 Å². The third kappa shape index (κ3) is 4.65. The lowest BCUT2D eigenvalue weighted by molar-refractivity contribution is 0.131. The molecule has 1 aromatic rings. The third-order valence-electron chi connectivity index (χ3n) is 1.82. The summed E-state index contributed by atoms with van der Waals surface area (Å²) in [6, 6.07) is 9.91. The van der Waals surface area contributed by atoms with Crippen molar-refractivity contribution in [1.29, 1.82) is 5.26 Å². The normalized spacial score (nSPS) is 11.4. The third-order valence-corrected chi connectivity index (χ3v) is 1.82. The maximum atomic E-state index is 8.39. The van der Waals surface area contributed by atoms with Crippen LogP contribution in [0, 0.1) is 11.3 Å². The Morgan fingerprint density at radius 1 is 1.25 bits per heavy atom. The Morgan fingerprint density at radius 3 is 2.38 bits per heavy atom. The second kappa shape index (κ2) is 5.37. The van der Waals surface area contributed by atoms with Gasteiger partial charge >= 0.3 is 0 Å². The van der Waals surface area contributed by atoms with Crippen LogP contribution in [0.1, 0.15) is 32.8 Å². The molecular formula is C14H17NO. The predicted molar refractivity (Wildman–Crippen MR) is 66.1 cm³/mol. The number of rotatable bonds is 3. The van der Waals surface area contributed by atoms with Crippen molar-refractivity contribution in [2.45, 2.75) is 32.8 Å². The monoisotopic (exact) mass is 215 g/mol. The Balaban J connectivity index is 2.65. The molecule has 0 heterocycles. The van der Waals surface area contributed by atoms with Gasteiger partial charge in [-0.1, -0.05) is 24.3 Å². The number of hydrogen-bond donors (Lipinski definition) is 0. The van der Waals surface area contributed by atoms with E-state index in [-0.39, 0.29) is 5.60 Å². The van der Waals surface area contributed by atoms with E-state index < -0.39 is 0 Å². The molecule has 2 heteroatoms. The smallest absolute Gasteiger partial charge is 0.120 e. The zero-order valence-electron chi connectivity index (χ0n) is 10.0. The highest BCUT2D eigenvalue weighted by atomic mass is 16.5. The quantitative estimate of drug-likeness (QED) is 0.768. The summed E-state index contributed by atoms with van der Waals surface area (Å²) < 4.78 is 5.71. The number of hydrogen-bond acceptors (Lipinski definition) is 2. The van der Waals surface area contributed by atoms with E-state index in [1.165, 1.54) is 0 Å². The van der Waals surface area contributed by atoms with Crippen molar-refractivity contribution in [2.24, 2.45) is 0 Å². The standard InChI is InChI=1S/C14H17NO/c1-14(2,3)16-13-9-7-12(8-10-13)6-4-5-11-15/h4,6-10H,5H2,1-3H3. The number of nitrogens with zero attached hydrogens (tertiary/aromatic N) is 1. The largest absolute Gasteiger partial charge is 0.488 e. The highest BCUT2D eigenvalue weighted by Gasteiger charge is 2.10. The van der Waals surface area contributed by atoms with Crippen molar-refractivity contribution in [2.75, 3.05) is 0 Å². The Morgan fingerprint density at radius 2 is 1.88 bits per heavy atom. The average Bonchev–Trinajstić information content (AvgIpc) is 2.19. The van der Waals surface area contributed by atoms with E-state index in [4.69, 9.17) is 10.00 Å². The summed E-state index contributed by atoms with van der Waals surface area (Å²) in [7, 11) is 0. The minimum atomic E-state index is -0.168. The van der Waals surface area contributed by atoms with Crippen molar-refractivity contribution in [3.05, 3.63) is 35.9 Å². The molecule has 0 saturated heterocycles. The Kier molecular flexibility index (Phi) is 4.13. The second-order valence-corrected chi connectivity index (χ2v) is 4.55. The number of ether oxygens (including phenoxy) is 1. The first kappa shape index (κ1) is 12.3. The van der Waals surface area contributed by atoms with Gasteiger partial charge in [-0.2, -0.15) is 5.26 Å². The maximum Gasteiger partial charge on any atom is 0.120 e. The molecule has 0 N–H and O–H groups in total. The Labute approximate surface area is 97.2 Å². The summed E-state index contributed by atoms with van der Waals surface area (Å²) in [5.74, 6) is 0.866. The van der Waals surface area contributed by atoms with Crippen LogP contribution in [0.4, 0.5) is 0 Å². The first-order valence-electron chi connectivity index (χ1n) is 5.34. The zero-order chi connectivity index (χ0) is 12.0. The van der Waals surface area contributed by atoms with E-state index in [2.05, 4.69) is 6.07 Å². The topological polar surface area (TPSA) is 33.0 Å². The molecule has 1 rings (SSSR count). The Hall–Kier alpha value is -1.75. The van der Waals surface area contributed by atoms with Gasteiger partial charge in [0.2, 0.25) is 0 Å². The molecule has 0 saturated carbocycles. The van der Waals surface area contributed by atoms with Crippen molar-refractivity contribution < 1.29 is 4.74 Å². The number of nitriles is 1. The fourth-order valence-electron chi connectivity index (χ4n) is 1.25. The van der Waals surface area contributed by atoms with Crippen molar-refractivity contribution in [1.82, 2.24) is 0 Å². The molecule has 0 aliphatic heterocycles. The summed E-state index contributed by atoms with van der Waals surface area (Å²) in [6.45, 7) is 6.06. The van der Waals surface area contributed by atoms with Gasteiger partial charge in [0.05, 0.1) is 12.5 Å².